The van der Waals surface area contributed by atoms with Crippen LogP contribution < -0.4 is 10.6 Å². The van der Waals surface area contributed by atoms with Gasteiger partial charge in [-0.05, 0) is 55.4 Å². The zero-order valence-electron chi connectivity index (χ0n) is 11.4. The molecule has 19 heavy (non-hydrogen) atoms. The minimum atomic E-state index is 0.628. The third kappa shape index (κ3) is 2.68. The maximum Gasteiger partial charge on any atom is 0.0415 e. The van der Waals surface area contributed by atoms with Gasteiger partial charge in [-0.25, -0.2) is 0 Å². The number of hydrogen-bond acceptors (Lipinski definition) is 2. The first-order valence-electron chi connectivity index (χ1n) is 7.54. The molecule has 2 aliphatic rings. The highest BCUT2D eigenvalue weighted by molar-refractivity contribution is 9.10. The molecule has 1 saturated carbocycles. The molecule has 2 fully saturated rings. The smallest absolute Gasteiger partial charge is 0.0415 e. The van der Waals surface area contributed by atoms with E-state index in [9.17, 15) is 0 Å². The summed E-state index contributed by atoms with van der Waals surface area (Å²) in [7, 11) is 0. The molecule has 0 amide bonds. The van der Waals surface area contributed by atoms with Crippen molar-refractivity contribution < 1.29 is 0 Å². The van der Waals surface area contributed by atoms with E-state index in [-0.39, 0.29) is 0 Å². The molecule has 1 saturated heterocycles. The monoisotopic (exact) mass is 322 g/mol. The van der Waals surface area contributed by atoms with Gasteiger partial charge in [-0.15, -0.1) is 0 Å². The molecule has 104 valence electrons. The molecule has 3 rings (SSSR count). The van der Waals surface area contributed by atoms with Crippen molar-refractivity contribution in [3.8, 4) is 0 Å². The fraction of sp³-hybridized carbons (Fsp3) is 0.625. The van der Waals surface area contributed by atoms with Crippen molar-refractivity contribution in [2.75, 3.05) is 11.4 Å². The predicted octanol–water partition coefficient (Wildman–Crippen LogP) is 4.07. The fourth-order valence-electron chi connectivity index (χ4n) is 3.92. The van der Waals surface area contributed by atoms with Crippen LogP contribution >= 0.6 is 15.9 Å². The van der Waals surface area contributed by atoms with E-state index in [4.69, 9.17) is 5.73 Å². The molecule has 0 spiro atoms. The van der Waals surface area contributed by atoms with Crippen molar-refractivity contribution in [3.63, 3.8) is 0 Å². The number of halogens is 1. The maximum atomic E-state index is 5.95. The van der Waals surface area contributed by atoms with Crippen LogP contribution in [-0.2, 0) is 6.54 Å². The summed E-state index contributed by atoms with van der Waals surface area (Å²) in [6, 6.07) is 7.35. The number of piperidine rings is 1. The van der Waals surface area contributed by atoms with Crippen molar-refractivity contribution in [2.24, 2.45) is 11.7 Å². The molecule has 2 atom stereocenters. The number of anilines is 1. The Bertz CT molecular complexity index is 444. The molecular weight excluding hydrogens is 300 g/mol. The summed E-state index contributed by atoms with van der Waals surface area (Å²) in [5, 5.41) is 0. The largest absolute Gasteiger partial charge is 0.368 e. The van der Waals surface area contributed by atoms with Crippen LogP contribution in [0.4, 0.5) is 5.69 Å². The molecule has 3 heteroatoms. The van der Waals surface area contributed by atoms with Crippen LogP contribution in [0.2, 0.25) is 0 Å². The number of benzene rings is 1. The Morgan fingerprint density at radius 3 is 2.79 bits per heavy atom. The minimum Gasteiger partial charge on any atom is -0.368 e. The van der Waals surface area contributed by atoms with Crippen molar-refractivity contribution in [2.45, 2.75) is 51.1 Å². The molecule has 0 bridgehead atoms. The van der Waals surface area contributed by atoms with E-state index in [0.29, 0.717) is 6.54 Å². The zero-order valence-corrected chi connectivity index (χ0v) is 13.0. The summed E-state index contributed by atoms with van der Waals surface area (Å²) in [5.74, 6) is 0.914. The molecule has 0 radical (unpaired) electrons. The summed E-state index contributed by atoms with van der Waals surface area (Å²) in [4.78, 5) is 2.65. The van der Waals surface area contributed by atoms with Crippen LogP contribution in [0, 0.1) is 5.92 Å². The topological polar surface area (TPSA) is 29.3 Å². The van der Waals surface area contributed by atoms with E-state index in [0.717, 1.165) is 16.4 Å². The first-order valence-corrected chi connectivity index (χ1v) is 8.34. The van der Waals surface area contributed by atoms with Gasteiger partial charge in [0.05, 0.1) is 0 Å². The lowest BCUT2D eigenvalue weighted by Crippen LogP contribution is -2.47. The van der Waals surface area contributed by atoms with E-state index < -0.39 is 0 Å². The van der Waals surface area contributed by atoms with Gasteiger partial charge < -0.3 is 10.6 Å². The van der Waals surface area contributed by atoms with E-state index in [1.807, 2.05) is 0 Å². The summed E-state index contributed by atoms with van der Waals surface area (Å²) >= 11 is 3.56. The first-order chi connectivity index (χ1) is 9.29. The molecule has 1 aliphatic heterocycles. The molecule has 2 nitrogen and oxygen atoms in total. The summed E-state index contributed by atoms with van der Waals surface area (Å²) in [6.45, 7) is 1.83. The Morgan fingerprint density at radius 2 is 1.95 bits per heavy atom. The first kappa shape index (κ1) is 13.4. The molecule has 1 aromatic rings. The SMILES string of the molecule is NCc1cc(Br)ccc1N1CCCC2CCCCC21. The van der Waals surface area contributed by atoms with Gasteiger partial charge >= 0.3 is 0 Å². The van der Waals surface area contributed by atoms with Crippen LogP contribution in [-0.4, -0.2) is 12.6 Å². The highest BCUT2D eigenvalue weighted by Crippen LogP contribution is 2.39. The van der Waals surface area contributed by atoms with Crippen LogP contribution in [0.15, 0.2) is 22.7 Å². The Kier molecular flexibility index (Phi) is 4.13. The molecular formula is C16H23BrN2. The Balaban J connectivity index is 1.91. The van der Waals surface area contributed by atoms with E-state index in [2.05, 4.69) is 39.0 Å². The summed E-state index contributed by atoms with van der Waals surface area (Å²) < 4.78 is 1.13. The highest BCUT2D eigenvalue weighted by Gasteiger charge is 2.33. The van der Waals surface area contributed by atoms with Crippen molar-refractivity contribution in [3.05, 3.63) is 28.2 Å². The van der Waals surface area contributed by atoms with Crippen LogP contribution in [0.3, 0.4) is 0 Å². The van der Waals surface area contributed by atoms with Crippen LogP contribution in [0.5, 0.6) is 0 Å². The minimum absolute atomic E-state index is 0.628. The number of hydrogen-bond donors (Lipinski definition) is 1. The summed E-state index contributed by atoms with van der Waals surface area (Å²) in [5.41, 5.74) is 8.60. The highest BCUT2D eigenvalue weighted by atomic mass is 79.9. The second kappa shape index (κ2) is 5.84. The number of fused-ring (bicyclic) bond motifs is 1. The van der Waals surface area contributed by atoms with Crippen LogP contribution in [0.25, 0.3) is 0 Å². The van der Waals surface area contributed by atoms with Gasteiger partial charge in [0, 0.05) is 29.3 Å². The third-order valence-corrected chi connectivity index (χ3v) is 5.31. The van der Waals surface area contributed by atoms with Gasteiger partial charge in [0.1, 0.15) is 0 Å². The Hall–Kier alpha value is -0.540. The molecule has 1 aromatic carbocycles. The third-order valence-electron chi connectivity index (χ3n) is 4.81. The van der Waals surface area contributed by atoms with Gasteiger partial charge in [0.15, 0.2) is 0 Å². The van der Waals surface area contributed by atoms with Gasteiger partial charge in [0.25, 0.3) is 0 Å². The molecule has 1 aliphatic carbocycles. The van der Waals surface area contributed by atoms with E-state index >= 15 is 0 Å². The normalized spacial score (nSPS) is 27.2. The van der Waals surface area contributed by atoms with Gasteiger partial charge in [0.2, 0.25) is 0 Å². The standard InChI is InChI=1S/C16H23BrN2/c17-14-7-8-16(13(10-14)11-18)19-9-3-5-12-4-1-2-6-15(12)19/h7-8,10,12,15H,1-6,9,11,18H2. The Labute approximate surface area is 124 Å². The van der Waals surface area contributed by atoms with Gasteiger partial charge in [-0.1, -0.05) is 28.8 Å². The second-order valence-corrected chi connectivity index (χ2v) is 6.84. The number of nitrogens with two attached hydrogens (primary N) is 1. The lowest BCUT2D eigenvalue weighted by molar-refractivity contribution is 0.243. The van der Waals surface area contributed by atoms with Crippen LogP contribution in [0.1, 0.15) is 44.1 Å². The Morgan fingerprint density at radius 1 is 1.16 bits per heavy atom. The quantitative estimate of drug-likeness (QED) is 0.889. The molecule has 1 heterocycles. The van der Waals surface area contributed by atoms with Crippen molar-refractivity contribution >= 4 is 21.6 Å². The molecule has 2 unspecified atom stereocenters. The lowest BCUT2D eigenvalue weighted by atomic mass is 9.78. The van der Waals surface area contributed by atoms with Crippen molar-refractivity contribution in [1.82, 2.24) is 0 Å². The average molecular weight is 323 g/mol. The number of rotatable bonds is 2. The van der Waals surface area contributed by atoms with Gasteiger partial charge in [-0.2, -0.15) is 0 Å². The van der Waals surface area contributed by atoms with E-state index in [1.165, 1.54) is 56.3 Å². The molecule has 0 aromatic heterocycles. The average Bonchev–Trinajstić information content (AvgIpc) is 2.46. The summed E-state index contributed by atoms with van der Waals surface area (Å²) in [6.07, 6.45) is 8.38. The maximum absolute atomic E-state index is 5.95. The van der Waals surface area contributed by atoms with Gasteiger partial charge in [-0.3, -0.25) is 0 Å². The predicted molar refractivity (Wildman–Crippen MR) is 84.4 cm³/mol. The molecule has 2 N–H and O–H groups in total. The second-order valence-electron chi connectivity index (χ2n) is 5.92. The van der Waals surface area contributed by atoms with Crippen molar-refractivity contribution in [1.29, 1.82) is 0 Å². The fourth-order valence-corrected chi connectivity index (χ4v) is 4.33. The van der Waals surface area contributed by atoms with E-state index in [1.54, 1.807) is 0 Å². The lowest BCUT2D eigenvalue weighted by Gasteiger charge is -2.46. The number of nitrogens with zero attached hydrogens (tertiary/aromatic N) is 1. The zero-order chi connectivity index (χ0) is 13.2.